The van der Waals surface area contributed by atoms with E-state index in [2.05, 4.69) is 10.6 Å². The Labute approximate surface area is 158 Å². The molecule has 1 aromatic heterocycles. The van der Waals surface area contributed by atoms with Gasteiger partial charge in [-0.2, -0.15) is 0 Å². The summed E-state index contributed by atoms with van der Waals surface area (Å²) in [5, 5.41) is 8.08. The normalized spacial score (nSPS) is 18.3. The molecule has 1 saturated heterocycles. The van der Waals surface area contributed by atoms with Gasteiger partial charge < -0.3 is 15.5 Å². The number of hydrogen-bond donors (Lipinski definition) is 2. The number of likely N-dealkylation sites (N-methyl/N-ethyl adjacent to an activating group) is 1. The van der Waals surface area contributed by atoms with Gasteiger partial charge in [-0.3, -0.25) is 9.59 Å². The lowest BCUT2D eigenvalue weighted by molar-refractivity contribution is -0.134. The minimum Gasteiger partial charge on any atom is -0.339 e. The van der Waals surface area contributed by atoms with E-state index in [0.29, 0.717) is 23.9 Å². The molecule has 6 heteroatoms. The first kappa shape index (κ1) is 18.6. The lowest BCUT2D eigenvalue weighted by Gasteiger charge is -2.35. The number of amides is 2. The van der Waals surface area contributed by atoms with Gasteiger partial charge in [-0.15, -0.1) is 11.3 Å². The van der Waals surface area contributed by atoms with E-state index in [-0.39, 0.29) is 11.8 Å². The molecule has 3 rings (SSSR count). The van der Waals surface area contributed by atoms with Gasteiger partial charge in [0.1, 0.15) is 6.04 Å². The van der Waals surface area contributed by atoms with Crippen molar-refractivity contribution >= 4 is 23.2 Å². The molecule has 5 nitrogen and oxygen atoms in total. The highest BCUT2D eigenvalue weighted by atomic mass is 32.1. The van der Waals surface area contributed by atoms with Gasteiger partial charge in [0.05, 0.1) is 4.88 Å². The van der Waals surface area contributed by atoms with Crippen molar-refractivity contribution in [2.75, 3.05) is 20.1 Å². The molecule has 0 bridgehead atoms. The van der Waals surface area contributed by atoms with Crippen molar-refractivity contribution in [2.45, 2.75) is 31.3 Å². The molecule has 1 aliphatic heterocycles. The second kappa shape index (κ2) is 8.96. The van der Waals surface area contributed by atoms with Gasteiger partial charge in [-0.25, -0.2) is 0 Å². The van der Waals surface area contributed by atoms with Crippen LogP contribution >= 0.6 is 11.3 Å². The Morgan fingerprint density at radius 2 is 2.04 bits per heavy atom. The third-order valence-electron chi connectivity index (χ3n) is 4.77. The van der Waals surface area contributed by atoms with Crippen LogP contribution in [0.3, 0.4) is 0 Å². The molecule has 2 aromatic rings. The Balaban J connectivity index is 1.75. The van der Waals surface area contributed by atoms with Crippen LogP contribution in [0.15, 0.2) is 47.8 Å². The summed E-state index contributed by atoms with van der Waals surface area (Å²) in [6.07, 6.45) is 2.55. The van der Waals surface area contributed by atoms with Crippen molar-refractivity contribution < 1.29 is 9.59 Å². The Hall–Kier alpha value is -2.18. The van der Waals surface area contributed by atoms with Crippen LogP contribution in [-0.2, 0) is 11.2 Å². The Morgan fingerprint density at radius 1 is 1.23 bits per heavy atom. The summed E-state index contributed by atoms with van der Waals surface area (Å²) in [6.45, 7) is 1.44. The van der Waals surface area contributed by atoms with Crippen LogP contribution in [0.1, 0.15) is 28.1 Å². The van der Waals surface area contributed by atoms with E-state index in [1.807, 2.05) is 53.7 Å². The molecule has 1 aliphatic rings. The fourth-order valence-corrected chi connectivity index (χ4v) is 3.95. The maximum absolute atomic E-state index is 13.2. The summed E-state index contributed by atoms with van der Waals surface area (Å²) in [7, 11) is 1.93. The highest BCUT2D eigenvalue weighted by Gasteiger charge is 2.30. The topological polar surface area (TPSA) is 61.4 Å². The first-order chi connectivity index (χ1) is 12.7. The van der Waals surface area contributed by atoms with Crippen LogP contribution in [0.4, 0.5) is 0 Å². The number of carbonyl (C=O) groups is 2. The zero-order valence-corrected chi connectivity index (χ0v) is 15.8. The zero-order valence-electron chi connectivity index (χ0n) is 15.0. The molecule has 0 aliphatic carbocycles. The van der Waals surface area contributed by atoms with E-state index >= 15 is 0 Å². The molecule has 2 amide bonds. The average Bonchev–Trinajstić information content (AvgIpc) is 3.23. The molecule has 0 radical (unpaired) electrons. The summed E-state index contributed by atoms with van der Waals surface area (Å²) in [4.78, 5) is 28.2. The lowest BCUT2D eigenvalue weighted by atomic mass is 10.0. The van der Waals surface area contributed by atoms with E-state index < -0.39 is 6.04 Å². The Bertz CT molecular complexity index is 718. The van der Waals surface area contributed by atoms with Gasteiger partial charge >= 0.3 is 0 Å². The van der Waals surface area contributed by atoms with Crippen molar-refractivity contribution in [3.05, 3.63) is 58.3 Å². The second-order valence-electron chi connectivity index (χ2n) is 6.61. The van der Waals surface area contributed by atoms with E-state index in [4.69, 9.17) is 0 Å². The molecule has 2 heterocycles. The number of nitrogens with zero attached hydrogens (tertiary/aromatic N) is 1. The molecule has 0 spiro atoms. The van der Waals surface area contributed by atoms with Crippen molar-refractivity contribution in [2.24, 2.45) is 0 Å². The van der Waals surface area contributed by atoms with Gasteiger partial charge in [0.25, 0.3) is 5.91 Å². The number of thiophene rings is 1. The summed E-state index contributed by atoms with van der Waals surface area (Å²) >= 11 is 1.38. The maximum Gasteiger partial charge on any atom is 0.262 e. The smallest absolute Gasteiger partial charge is 0.262 e. The van der Waals surface area contributed by atoms with Gasteiger partial charge in [-0.05, 0) is 36.9 Å². The van der Waals surface area contributed by atoms with E-state index in [1.165, 1.54) is 11.3 Å². The van der Waals surface area contributed by atoms with E-state index in [1.54, 1.807) is 6.07 Å². The van der Waals surface area contributed by atoms with Crippen molar-refractivity contribution in [3.8, 4) is 0 Å². The SMILES string of the molecule is CNC1CCCN(C(=O)C(Cc2ccccc2)NC(=O)c2cccs2)C1. The average molecular weight is 372 g/mol. The quantitative estimate of drug-likeness (QED) is 0.819. The molecule has 2 unspecified atom stereocenters. The van der Waals surface area contributed by atoms with Gasteiger partial charge in [0, 0.05) is 25.6 Å². The standard InChI is InChI=1S/C20H25N3O2S/c1-21-16-9-5-11-23(14-16)20(25)17(13-15-7-3-2-4-8-15)22-19(24)18-10-6-12-26-18/h2-4,6-8,10,12,16-17,21H,5,9,11,13-14H2,1H3,(H,22,24). The number of rotatable bonds is 6. The molecule has 1 aromatic carbocycles. The summed E-state index contributed by atoms with van der Waals surface area (Å²) in [6, 6.07) is 13.2. The first-order valence-corrected chi connectivity index (χ1v) is 9.89. The Morgan fingerprint density at radius 3 is 2.73 bits per heavy atom. The van der Waals surface area contributed by atoms with Crippen LogP contribution in [0.25, 0.3) is 0 Å². The number of nitrogens with one attached hydrogen (secondary N) is 2. The number of piperidine rings is 1. The minimum absolute atomic E-state index is 0.00120. The molecule has 1 fully saturated rings. The van der Waals surface area contributed by atoms with E-state index in [9.17, 15) is 9.59 Å². The zero-order chi connectivity index (χ0) is 18.4. The minimum atomic E-state index is -0.553. The van der Waals surface area contributed by atoms with Gasteiger partial charge in [0.2, 0.25) is 5.91 Å². The molecule has 2 N–H and O–H groups in total. The number of likely N-dealkylation sites (tertiary alicyclic amines) is 1. The van der Waals surface area contributed by atoms with Crippen molar-refractivity contribution in [1.29, 1.82) is 0 Å². The van der Waals surface area contributed by atoms with E-state index in [0.717, 1.165) is 24.9 Å². The lowest BCUT2D eigenvalue weighted by Crippen LogP contribution is -2.54. The molecular formula is C20H25N3O2S. The van der Waals surface area contributed by atoms with Gasteiger partial charge in [-0.1, -0.05) is 36.4 Å². The van der Waals surface area contributed by atoms with Crippen LogP contribution in [0, 0.1) is 0 Å². The second-order valence-corrected chi connectivity index (χ2v) is 7.55. The summed E-state index contributed by atoms with van der Waals surface area (Å²) in [5.41, 5.74) is 1.04. The molecule has 0 saturated carbocycles. The van der Waals surface area contributed by atoms with Gasteiger partial charge in [0.15, 0.2) is 0 Å². The monoisotopic (exact) mass is 371 g/mol. The Kier molecular flexibility index (Phi) is 6.41. The highest BCUT2D eigenvalue weighted by molar-refractivity contribution is 7.12. The predicted octanol–water partition coefficient (Wildman–Crippen LogP) is 2.30. The van der Waals surface area contributed by atoms with Crippen molar-refractivity contribution in [3.63, 3.8) is 0 Å². The van der Waals surface area contributed by atoms with Crippen LogP contribution < -0.4 is 10.6 Å². The highest BCUT2D eigenvalue weighted by Crippen LogP contribution is 2.15. The summed E-state index contributed by atoms with van der Waals surface area (Å²) in [5.74, 6) is -0.185. The van der Waals surface area contributed by atoms with Crippen LogP contribution in [0.5, 0.6) is 0 Å². The predicted molar refractivity (Wildman–Crippen MR) is 104 cm³/mol. The first-order valence-electron chi connectivity index (χ1n) is 9.01. The molecular weight excluding hydrogens is 346 g/mol. The molecule has 26 heavy (non-hydrogen) atoms. The van der Waals surface area contributed by atoms with Crippen LogP contribution in [0.2, 0.25) is 0 Å². The van der Waals surface area contributed by atoms with Crippen molar-refractivity contribution in [1.82, 2.24) is 15.5 Å². The number of hydrogen-bond acceptors (Lipinski definition) is 4. The van der Waals surface area contributed by atoms with Crippen LogP contribution in [-0.4, -0.2) is 48.9 Å². The maximum atomic E-state index is 13.2. The third kappa shape index (κ3) is 4.71. The number of benzene rings is 1. The molecule has 138 valence electrons. The fraction of sp³-hybridized carbons (Fsp3) is 0.400. The largest absolute Gasteiger partial charge is 0.339 e. The molecule has 2 atom stereocenters. The fourth-order valence-electron chi connectivity index (χ4n) is 3.32. The number of carbonyl (C=O) groups excluding carboxylic acids is 2. The summed E-state index contributed by atoms with van der Waals surface area (Å²) < 4.78 is 0. The third-order valence-corrected chi connectivity index (χ3v) is 5.64.